The molecule has 0 aliphatic carbocycles. The van der Waals surface area contributed by atoms with E-state index < -0.39 is 6.10 Å². The van der Waals surface area contributed by atoms with Crippen LogP contribution < -0.4 is 0 Å². The van der Waals surface area contributed by atoms with Crippen LogP contribution in [0.25, 0.3) is 0 Å². The first-order valence-electron chi connectivity index (χ1n) is 9.26. The second-order valence-corrected chi connectivity index (χ2v) is 7.13. The molecule has 2 aliphatic rings. The van der Waals surface area contributed by atoms with E-state index in [-0.39, 0.29) is 17.7 Å². The lowest BCUT2D eigenvalue weighted by molar-refractivity contribution is -0.135. The highest BCUT2D eigenvalue weighted by Gasteiger charge is 2.33. The van der Waals surface area contributed by atoms with Gasteiger partial charge >= 0.3 is 0 Å². The van der Waals surface area contributed by atoms with Crippen LogP contribution in [0.1, 0.15) is 37.7 Å². The van der Waals surface area contributed by atoms with E-state index in [4.69, 9.17) is 0 Å². The molecule has 0 unspecified atom stereocenters. The van der Waals surface area contributed by atoms with Crippen molar-refractivity contribution >= 4 is 11.8 Å². The Hall–Kier alpha value is -1.95. The molecule has 2 amide bonds. The molecule has 25 heavy (non-hydrogen) atoms. The molecule has 0 bridgehead atoms. The highest BCUT2D eigenvalue weighted by Crippen LogP contribution is 2.22. The molecule has 0 saturated carbocycles. The minimum Gasteiger partial charge on any atom is -0.391 e. The van der Waals surface area contributed by atoms with Gasteiger partial charge in [0.2, 0.25) is 11.8 Å². The standard InChI is InChI=1S/C19H27N3O3/c23-17-14-22(13-16(17)12-15-6-8-20-9-7-15)19(25)5-3-11-21-10-2-1-4-18(21)24/h6-9,16-17,23H,1-5,10-14H2/t16-,17+/m1/s1. The van der Waals surface area contributed by atoms with Crippen LogP contribution in [0, 0.1) is 5.92 Å². The Morgan fingerprint density at radius 2 is 2.04 bits per heavy atom. The predicted molar refractivity (Wildman–Crippen MR) is 93.7 cm³/mol. The van der Waals surface area contributed by atoms with Gasteiger partial charge < -0.3 is 14.9 Å². The number of β-amino-alcohol motifs (C(OH)–C–C–N with tert-alkyl or cyclic N) is 1. The van der Waals surface area contributed by atoms with Crippen molar-refractivity contribution in [2.75, 3.05) is 26.2 Å². The highest BCUT2D eigenvalue weighted by atomic mass is 16.3. The zero-order valence-electron chi connectivity index (χ0n) is 14.6. The Morgan fingerprint density at radius 1 is 1.24 bits per heavy atom. The van der Waals surface area contributed by atoms with Gasteiger partial charge in [0.05, 0.1) is 6.10 Å². The van der Waals surface area contributed by atoms with Gasteiger partial charge in [-0.15, -0.1) is 0 Å². The van der Waals surface area contributed by atoms with Crippen LogP contribution in [0.2, 0.25) is 0 Å². The van der Waals surface area contributed by atoms with Crippen molar-refractivity contribution in [1.29, 1.82) is 0 Å². The van der Waals surface area contributed by atoms with Gasteiger partial charge in [-0.25, -0.2) is 0 Å². The van der Waals surface area contributed by atoms with Crippen LogP contribution in [-0.2, 0) is 16.0 Å². The maximum absolute atomic E-state index is 12.4. The topological polar surface area (TPSA) is 73.7 Å². The quantitative estimate of drug-likeness (QED) is 0.842. The third-order valence-corrected chi connectivity index (χ3v) is 5.25. The van der Waals surface area contributed by atoms with E-state index in [0.717, 1.165) is 31.4 Å². The molecule has 0 spiro atoms. The van der Waals surface area contributed by atoms with Gasteiger partial charge in [-0.1, -0.05) is 0 Å². The Labute approximate surface area is 148 Å². The molecular weight excluding hydrogens is 318 g/mol. The highest BCUT2D eigenvalue weighted by molar-refractivity contribution is 5.78. The average molecular weight is 345 g/mol. The van der Waals surface area contributed by atoms with Crippen LogP contribution in [0.3, 0.4) is 0 Å². The number of carbonyl (C=O) groups excluding carboxylic acids is 2. The zero-order valence-corrected chi connectivity index (χ0v) is 14.6. The fourth-order valence-corrected chi connectivity index (χ4v) is 3.76. The molecule has 1 aromatic heterocycles. The summed E-state index contributed by atoms with van der Waals surface area (Å²) in [5, 5.41) is 10.3. The van der Waals surface area contributed by atoms with Crippen LogP contribution in [-0.4, -0.2) is 64.0 Å². The number of nitrogens with zero attached hydrogens (tertiary/aromatic N) is 3. The number of rotatable bonds is 6. The van der Waals surface area contributed by atoms with E-state index in [1.165, 1.54) is 0 Å². The number of pyridine rings is 1. The summed E-state index contributed by atoms with van der Waals surface area (Å²) in [6.07, 6.45) is 7.63. The molecule has 2 atom stereocenters. The van der Waals surface area contributed by atoms with E-state index in [9.17, 15) is 14.7 Å². The fraction of sp³-hybridized carbons (Fsp3) is 0.632. The van der Waals surface area contributed by atoms with Crippen LogP contribution in [0.5, 0.6) is 0 Å². The SMILES string of the molecule is O=C1CCCCN1CCCC(=O)N1C[C@@H](Cc2ccncc2)[C@@H](O)C1. The summed E-state index contributed by atoms with van der Waals surface area (Å²) in [6.45, 7) is 2.51. The number of piperidine rings is 1. The van der Waals surface area contributed by atoms with Crippen molar-refractivity contribution in [1.82, 2.24) is 14.8 Å². The first-order chi connectivity index (χ1) is 12.1. The normalized spacial score (nSPS) is 24.0. The Morgan fingerprint density at radius 3 is 2.80 bits per heavy atom. The van der Waals surface area contributed by atoms with Crippen molar-refractivity contribution < 1.29 is 14.7 Å². The summed E-state index contributed by atoms with van der Waals surface area (Å²) in [7, 11) is 0. The first-order valence-corrected chi connectivity index (χ1v) is 9.26. The number of hydrogen-bond donors (Lipinski definition) is 1. The Kier molecular flexibility index (Phi) is 6.02. The monoisotopic (exact) mass is 345 g/mol. The molecule has 6 heteroatoms. The van der Waals surface area contributed by atoms with E-state index in [0.29, 0.717) is 38.9 Å². The maximum atomic E-state index is 12.4. The Bertz CT molecular complexity index is 593. The van der Waals surface area contributed by atoms with E-state index in [1.807, 2.05) is 17.0 Å². The van der Waals surface area contributed by atoms with Crippen molar-refractivity contribution in [3.63, 3.8) is 0 Å². The smallest absolute Gasteiger partial charge is 0.222 e. The number of likely N-dealkylation sites (tertiary alicyclic amines) is 2. The van der Waals surface area contributed by atoms with E-state index >= 15 is 0 Å². The molecular formula is C19H27N3O3. The molecule has 1 N–H and O–H groups in total. The minimum absolute atomic E-state index is 0.0787. The number of carbonyl (C=O) groups is 2. The average Bonchev–Trinajstić information content (AvgIpc) is 2.98. The number of aromatic nitrogens is 1. The largest absolute Gasteiger partial charge is 0.391 e. The lowest BCUT2D eigenvalue weighted by Gasteiger charge is -2.26. The first kappa shape index (κ1) is 17.9. The molecule has 6 nitrogen and oxygen atoms in total. The molecule has 136 valence electrons. The van der Waals surface area contributed by atoms with Crippen LogP contribution in [0.15, 0.2) is 24.5 Å². The van der Waals surface area contributed by atoms with Gasteiger partial charge in [0, 0.05) is 57.3 Å². The van der Waals surface area contributed by atoms with E-state index in [2.05, 4.69) is 4.98 Å². The third-order valence-electron chi connectivity index (χ3n) is 5.25. The molecule has 0 radical (unpaired) electrons. The fourth-order valence-electron chi connectivity index (χ4n) is 3.76. The summed E-state index contributed by atoms with van der Waals surface area (Å²) in [5.74, 6) is 0.378. The van der Waals surface area contributed by atoms with Crippen LogP contribution >= 0.6 is 0 Å². The van der Waals surface area contributed by atoms with Gasteiger partial charge in [0.25, 0.3) is 0 Å². The summed E-state index contributed by atoms with van der Waals surface area (Å²) in [6, 6.07) is 3.90. The molecule has 2 aliphatic heterocycles. The maximum Gasteiger partial charge on any atom is 0.222 e. The minimum atomic E-state index is -0.471. The molecule has 0 aromatic carbocycles. The Balaban J connectivity index is 1.42. The lowest BCUT2D eigenvalue weighted by Crippen LogP contribution is -2.37. The summed E-state index contributed by atoms with van der Waals surface area (Å²) < 4.78 is 0. The van der Waals surface area contributed by atoms with Gasteiger partial charge in [-0.2, -0.15) is 0 Å². The zero-order chi connectivity index (χ0) is 17.6. The molecule has 2 saturated heterocycles. The summed E-state index contributed by atoms with van der Waals surface area (Å²) >= 11 is 0. The van der Waals surface area contributed by atoms with Crippen molar-refractivity contribution in [2.45, 2.75) is 44.6 Å². The van der Waals surface area contributed by atoms with Gasteiger partial charge in [0.1, 0.15) is 0 Å². The molecule has 2 fully saturated rings. The van der Waals surface area contributed by atoms with Gasteiger partial charge in [-0.05, 0) is 43.4 Å². The molecule has 3 heterocycles. The van der Waals surface area contributed by atoms with Crippen LogP contribution in [0.4, 0.5) is 0 Å². The predicted octanol–water partition coefficient (Wildman–Crippen LogP) is 1.24. The molecule has 1 aromatic rings. The molecule has 3 rings (SSSR count). The third kappa shape index (κ3) is 4.78. The number of amides is 2. The van der Waals surface area contributed by atoms with E-state index in [1.54, 1.807) is 17.3 Å². The number of hydrogen-bond acceptors (Lipinski definition) is 4. The number of aliphatic hydroxyl groups excluding tert-OH is 1. The second kappa shape index (κ2) is 8.43. The van der Waals surface area contributed by atoms with Crippen molar-refractivity contribution in [2.24, 2.45) is 5.92 Å². The van der Waals surface area contributed by atoms with Crippen molar-refractivity contribution in [3.05, 3.63) is 30.1 Å². The lowest BCUT2D eigenvalue weighted by atomic mass is 9.97. The second-order valence-electron chi connectivity index (χ2n) is 7.13. The number of aliphatic hydroxyl groups is 1. The van der Waals surface area contributed by atoms with Gasteiger partial charge in [-0.3, -0.25) is 14.6 Å². The van der Waals surface area contributed by atoms with Gasteiger partial charge in [0.15, 0.2) is 0 Å². The summed E-state index contributed by atoms with van der Waals surface area (Å²) in [5.41, 5.74) is 1.14. The van der Waals surface area contributed by atoms with Crippen molar-refractivity contribution in [3.8, 4) is 0 Å². The summed E-state index contributed by atoms with van der Waals surface area (Å²) in [4.78, 5) is 31.8.